The molecule has 0 aliphatic rings. The predicted octanol–water partition coefficient (Wildman–Crippen LogP) is 4.97. The number of carbonyl (C=O) groups is 1. The number of amides is 1. The van der Waals surface area contributed by atoms with Crippen LogP contribution in [0, 0.1) is 0 Å². The highest BCUT2D eigenvalue weighted by Crippen LogP contribution is 2.30. The summed E-state index contributed by atoms with van der Waals surface area (Å²) >= 11 is 14.6. The molecule has 2 aromatic heterocycles. The normalized spacial score (nSPS) is 11.8. The Bertz CT molecular complexity index is 923. The summed E-state index contributed by atoms with van der Waals surface area (Å²) in [4.78, 5) is 16.4. The Morgan fingerprint density at radius 1 is 1.26 bits per heavy atom. The number of hydrogen-bond donors (Lipinski definition) is 2. The monoisotopic (exact) mass is 439 g/mol. The highest BCUT2D eigenvalue weighted by Gasteiger charge is 2.19. The van der Waals surface area contributed by atoms with E-state index >= 15 is 0 Å². The number of pyridine rings is 1. The number of anilines is 2. The maximum Gasteiger partial charge on any atom is 0.238 e. The Balaban J connectivity index is 1.53. The molecule has 1 unspecified atom stereocenters. The van der Waals surface area contributed by atoms with Crippen LogP contribution in [0.1, 0.15) is 12.5 Å². The average Bonchev–Trinajstić information content (AvgIpc) is 3.10. The zero-order valence-corrected chi connectivity index (χ0v) is 17.3. The molecule has 1 aromatic carbocycles. The SMILES string of the molecule is CC(Sc1nnc(NCc2ccccc2)s1)C(=O)Nc1ncc(Cl)cc1Cl. The Kier molecular flexibility index (Phi) is 6.89. The van der Waals surface area contributed by atoms with Crippen molar-refractivity contribution in [2.75, 3.05) is 10.6 Å². The van der Waals surface area contributed by atoms with Crippen molar-refractivity contribution in [2.45, 2.75) is 23.1 Å². The van der Waals surface area contributed by atoms with Gasteiger partial charge in [0.2, 0.25) is 11.0 Å². The van der Waals surface area contributed by atoms with Gasteiger partial charge >= 0.3 is 0 Å². The summed E-state index contributed by atoms with van der Waals surface area (Å²) in [6.45, 7) is 2.44. The number of hydrogen-bond acceptors (Lipinski definition) is 7. The number of carbonyl (C=O) groups excluding carboxylic acids is 1. The molecule has 0 aliphatic carbocycles. The first-order chi connectivity index (χ1) is 13.0. The van der Waals surface area contributed by atoms with E-state index in [9.17, 15) is 4.79 Å². The number of rotatable bonds is 7. The topological polar surface area (TPSA) is 79.8 Å². The summed E-state index contributed by atoms with van der Waals surface area (Å²) in [6.07, 6.45) is 1.43. The summed E-state index contributed by atoms with van der Waals surface area (Å²) in [6, 6.07) is 11.5. The molecule has 6 nitrogen and oxygen atoms in total. The van der Waals surface area contributed by atoms with Crippen molar-refractivity contribution >= 4 is 63.2 Å². The minimum Gasteiger partial charge on any atom is -0.356 e. The Labute approximate surface area is 174 Å². The van der Waals surface area contributed by atoms with Gasteiger partial charge in [0.05, 0.1) is 15.3 Å². The van der Waals surface area contributed by atoms with Gasteiger partial charge in [-0.2, -0.15) is 0 Å². The van der Waals surface area contributed by atoms with Crippen molar-refractivity contribution in [3.8, 4) is 0 Å². The fourth-order valence-electron chi connectivity index (χ4n) is 2.03. The summed E-state index contributed by atoms with van der Waals surface area (Å²) in [7, 11) is 0. The molecule has 3 aromatic rings. The fraction of sp³-hybridized carbons (Fsp3) is 0.176. The number of thioether (sulfide) groups is 1. The highest BCUT2D eigenvalue weighted by atomic mass is 35.5. The molecule has 2 N–H and O–H groups in total. The highest BCUT2D eigenvalue weighted by molar-refractivity contribution is 8.02. The van der Waals surface area contributed by atoms with Gasteiger partial charge in [-0.15, -0.1) is 10.2 Å². The Morgan fingerprint density at radius 2 is 2.04 bits per heavy atom. The van der Waals surface area contributed by atoms with Gasteiger partial charge in [0, 0.05) is 12.7 Å². The van der Waals surface area contributed by atoms with Gasteiger partial charge in [0.1, 0.15) is 0 Å². The average molecular weight is 440 g/mol. The van der Waals surface area contributed by atoms with Crippen LogP contribution in [-0.2, 0) is 11.3 Å². The molecule has 0 saturated heterocycles. The molecular weight excluding hydrogens is 425 g/mol. The smallest absolute Gasteiger partial charge is 0.238 e. The molecule has 1 amide bonds. The van der Waals surface area contributed by atoms with E-state index in [1.165, 1.54) is 35.4 Å². The van der Waals surface area contributed by atoms with Gasteiger partial charge in [0.15, 0.2) is 10.2 Å². The van der Waals surface area contributed by atoms with E-state index < -0.39 is 5.25 Å². The van der Waals surface area contributed by atoms with Gasteiger partial charge < -0.3 is 10.6 Å². The molecule has 0 radical (unpaired) electrons. The molecule has 0 saturated carbocycles. The molecule has 2 heterocycles. The second kappa shape index (κ2) is 9.36. The standard InChI is InChI=1S/C17H15Cl2N5OS2/c1-10(15(25)22-14-13(19)7-12(18)9-20-14)26-17-24-23-16(27-17)21-8-11-5-3-2-4-6-11/h2-7,9-10H,8H2,1H3,(H,21,23)(H,20,22,25). The van der Waals surface area contributed by atoms with Crippen molar-refractivity contribution in [3.63, 3.8) is 0 Å². The van der Waals surface area contributed by atoms with Crippen molar-refractivity contribution in [2.24, 2.45) is 0 Å². The number of aromatic nitrogens is 3. The van der Waals surface area contributed by atoms with Gasteiger partial charge in [-0.1, -0.05) is 76.6 Å². The Hall–Kier alpha value is -1.87. The largest absolute Gasteiger partial charge is 0.356 e. The van der Waals surface area contributed by atoms with Crippen LogP contribution in [-0.4, -0.2) is 26.3 Å². The third-order valence-electron chi connectivity index (χ3n) is 3.39. The zero-order valence-electron chi connectivity index (χ0n) is 14.1. The summed E-state index contributed by atoms with van der Waals surface area (Å²) in [5, 5.41) is 15.1. The Morgan fingerprint density at radius 3 is 2.78 bits per heavy atom. The molecule has 10 heteroatoms. The third kappa shape index (κ3) is 5.80. The van der Waals surface area contributed by atoms with Crippen LogP contribution in [0.3, 0.4) is 0 Å². The lowest BCUT2D eigenvalue weighted by Gasteiger charge is -2.10. The summed E-state index contributed by atoms with van der Waals surface area (Å²) in [5.74, 6) is 0.0479. The molecule has 0 aliphatic heterocycles. The van der Waals surface area contributed by atoms with Crippen LogP contribution >= 0.6 is 46.3 Å². The zero-order chi connectivity index (χ0) is 19.2. The van der Waals surface area contributed by atoms with Gasteiger partial charge in [-0.05, 0) is 18.6 Å². The quantitative estimate of drug-likeness (QED) is 0.505. The second-order valence-corrected chi connectivity index (χ2v) is 8.85. The van der Waals surface area contributed by atoms with Gasteiger partial charge in [-0.25, -0.2) is 4.98 Å². The van der Waals surface area contributed by atoms with Crippen molar-refractivity contribution in [3.05, 3.63) is 58.2 Å². The van der Waals surface area contributed by atoms with Crippen LogP contribution in [0.5, 0.6) is 0 Å². The van der Waals surface area contributed by atoms with Crippen LogP contribution in [0.2, 0.25) is 10.0 Å². The number of benzene rings is 1. The number of halogens is 2. The third-order valence-corrected chi connectivity index (χ3v) is 5.95. The van der Waals surface area contributed by atoms with Gasteiger partial charge in [-0.3, -0.25) is 4.79 Å². The molecule has 0 bridgehead atoms. The van der Waals surface area contributed by atoms with Crippen LogP contribution < -0.4 is 10.6 Å². The fourth-order valence-corrected chi connectivity index (χ4v) is 4.35. The van der Waals surface area contributed by atoms with Crippen molar-refractivity contribution in [1.29, 1.82) is 0 Å². The summed E-state index contributed by atoms with van der Waals surface area (Å²) < 4.78 is 0.698. The second-order valence-electron chi connectivity index (χ2n) is 5.45. The first kappa shape index (κ1) is 19.9. The lowest BCUT2D eigenvalue weighted by Crippen LogP contribution is -2.23. The molecule has 140 valence electrons. The number of nitrogens with zero attached hydrogens (tertiary/aromatic N) is 3. The van der Waals surface area contributed by atoms with E-state index in [1.807, 2.05) is 30.3 Å². The minimum atomic E-state index is -0.395. The maximum atomic E-state index is 12.3. The lowest BCUT2D eigenvalue weighted by molar-refractivity contribution is -0.115. The van der Waals surface area contributed by atoms with E-state index in [4.69, 9.17) is 23.2 Å². The van der Waals surface area contributed by atoms with Gasteiger partial charge in [0.25, 0.3) is 0 Å². The summed E-state index contributed by atoms with van der Waals surface area (Å²) in [5.41, 5.74) is 1.15. The molecule has 0 fully saturated rings. The van der Waals surface area contributed by atoms with E-state index in [0.29, 0.717) is 21.0 Å². The van der Waals surface area contributed by atoms with Crippen LogP contribution in [0.25, 0.3) is 0 Å². The lowest BCUT2D eigenvalue weighted by atomic mass is 10.2. The predicted molar refractivity (Wildman–Crippen MR) is 112 cm³/mol. The maximum absolute atomic E-state index is 12.3. The van der Waals surface area contributed by atoms with Crippen molar-refractivity contribution < 1.29 is 4.79 Å². The first-order valence-corrected chi connectivity index (χ1v) is 10.4. The van der Waals surface area contributed by atoms with Crippen molar-refractivity contribution in [1.82, 2.24) is 15.2 Å². The van der Waals surface area contributed by atoms with E-state index in [0.717, 1.165) is 5.56 Å². The molecule has 3 rings (SSSR count). The number of nitrogens with one attached hydrogen (secondary N) is 2. The molecule has 0 spiro atoms. The van der Waals surface area contributed by atoms with Crippen LogP contribution in [0.4, 0.5) is 10.9 Å². The van der Waals surface area contributed by atoms with E-state index in [2.05, 4.69) is 25.8 Å². The van der Waals surface area contributed by atoms with E-state index in [-0.39, 0.29) is 16.7 Å². The minimum absolute atomic E-state index is 0.231. The molecular formula is C17H15Cl2N5OS2. The first-order valence-electron chi connectivity index (χ1n) is 7.91. The molecule has 27 heavy (non-hydrogen) atoms. The van der Waals surface area contributed by atoms with E-state index in [1.54, 1.807) is 6.92 Å². The molecule has 1 atom stereocenters. The van der Waals surface area contributed by atoms with Crippen LogP contribution in [0.15, 0.2) is 46.9 Å².